The van der Waals surface area contributed by atoms with Crippen LogP contribution in [0.4, 0.5) is 8.78 Å². The maximum atomic E-state index is 15.5. The van der Waals surface area contributed by atoms with Crippen molar-refractivity contribution in [2.24, 2.45) is 5.92 Å². The first-order valence-electron chi connectivity index (χ1n) is 18.2. The monoisotopic (exact) mass is 740 g/mol. The lowest BCUT2D eigenvalue weighted by Crippen LogP contribution is -2.54. The second kappa shape index (κ2) is 13.5. The summed E-state index contributed by atoms with van der Waals surface area (Å²) in [5.41, 5.74) is 1.25. The van der Waals surface area contributed by atoms with Crippen LogP contribution in [0.15, 0.2) is 94.7 Å². The summed E-state index contributed by atoms with van der Waals surface area (Å²) < 4.78 is 30.4. The van der Waals surface area contributed by atoms with E-state index in [2.05, 4.69) is 25.6 Å². The molecule has 55 heavy (non-hydrogen) atoms. The van der Waals surface area contributed by atoms with E-state index >= 15 is 4.39 Å². The molecule has 6 heterocycles. The number of piperidine rings is 2. The average Bonchev–Trinajstić information content (AvgIpc) is 3.17. The Bertz CT molecular complexity index is 2720. The minimum Gasteiger partial charge on any atom is -0.355 e. The summed E-state index contributed by atoms with van der Waals surface area (Å²) in [4.78, 5) is 68.1. The SMILES string of the molecule is C/C(=C\C1CCNC(=O)[C@@]1(C)c1ccc(-c2cc(F)c3cccnc3c2)[nH]c1=O)c1ccc2c(F)cc(-c3ccc([C@@]4(C)CCCNC4=O)c(=O)[nH]3)cc2n1. The number of aromatic nitrogens is 4. The number of benzene rings is 2. The molecule has 2 aliphatic heterocycles. The molecule has 0 radical (unpaired) electrons. The third-order valence-corrected chi connectivity index (χ3v) is 11.5. The van der Waals surface area contributed by atoms with E-state index in [-0.39, 0.29) is 17.4 Å². The molecule has 2 aliphatic rings. The first-order valence-corrected chi connectivity index (χ1v) is 18.2. The Morgan fingerprint density at radius 1 is 0.764 bits per heavy atom. The Morgan fingerprint density at radius 2 is 1.40 bits per heavy atom. The van der Waals surface area contributed by atoms with E-state index in [0.717, 1.165) is 12.0 Å². The molecule has 4 N–H and O–H groups in total. The quantitative estimate of drug-likeness (QED) is 0.155. The van der Waals surface area contributed by atoms with Gasteiger partial charge in [0.2, 0.25) is 11.8 Å². The third kappa shape index (κ3) is 6.11. The minimum absolute atomic E-state index is 0.194. The molecular formula is C43H38F2N6O4. The Balaban J connectivity index is 1.11. The first kappa shape index (κ1) is 35.7. The highest BCUT2D eigenvalue weighted by molar-refractivity contribution is 5.91. The fourth-order valence-electron chi connectivity index (χ4n) is 8.14. The van der Waals surface area contributed by atoms with Gasteiger partial charge < -0.3 is 20.6 Å². The minimum atomic E-state index is -1.26. The Kier molecular flexibility index (Phi) is 8.78. The van der Waals surface area contributed by atoms with E-state index in [0.29, 0.717) is 81.5 Å². The second-order valence-electron chi connectivity index (χ2n) is 14.9. The van der Waals surface area contributed by atoms with Crippen molar-refractivity contribution in [1.82, 2.24) is 30.6 Å². The van der Waals surface area contributed by atoms with Crippen molar-refractivity contribution >= 4 is 39.2 Å². The smallest absolute Gasteiger partial charge is 0.252 e. The number of H-pyrrole nitrogens is 2. The Hall–Kier alpha value is -6.30. The van der Waals surface area contributed by atoms with Gasteiger partial charge in [-0.3, -0.25) is 24.2 Å². The van der Waals surface area contributed by atoms with Gasteiger partial charge in [-0.2, -0.15) is 0 Å². The van der Waals surface area contributed by atoms with Crippen LogP contribution in [0.3, 0.4) is 0 Å². The highest BCUT2D eigenvalue weighted by atomic mass is 19.1. The van der Waals surface area contributed by atoms with Gasteiger partial charge in [0.05, 0.1) is 27.6 Å². The van der Waals surface area contributed by atoms with Crippen LogP contribution >= 0.6 is 0 Å². The standard InChI is InChI=1S/C43H38F2N6O4/c1-23(33-10-7-28-32(45)20-25(22-37(28)49-33)34-11-8-29(38(52)50-34)42(2)14-5-16-47-40(42)54)18-26-13-17-48-41(55)43(26,3)30-9-12-35(51-39(30)53)24-19-31(44)27-6-4-15-46-36(27)21-24/h4,6-12,15,18-22,26H,5,13-14,16-17H2,1-3H3,(H,47,54)(H,48,55)(H,50,52)(H,51,53)/b23-18+/t26?,42-,43-/m1/s1. The van der Waals surface area contributed by atoms with E-state index in [9.17, 15) is 23.6 Å². The number of rotatable bonds is 6. The molecule has 2 aromatic carbocycles. The molecule has 2 saturated heterocycles. The summed E-state index contributed by atoms with van der Waals surface area (Å²) in [6.45, 7) is 6.33. The lowest BCUT2D eigenvalue weighted by molar-refractivity contribution is -0.129. The van der Waals surface area contributed by atoms with E-state index in [4.69, 9.17) is 4.98 Å². The lowest BCUT2D eigenvalue weighted by atomic mass is 9.67. The van der Waals surface area contributed by atoms with Crippen LogP contribution in [0.5, 0.6) is 0 Å². The zero-order chi connectivity index (χ0) is 38.6. The van der Waals surface area contributed by atoms with Crippen LogP contribution in [0.2, 0.25) is 0 Å². The molecule has 8 rings (SSSR count). The Labute approximate surface area is 314 Å². The van der Waals surface area contributed by atoms with Crippen molar-refractivity contribution in [2.45, 2.75) is 50.9 Å². The fourth-order valence-corrected chi connectivity index (χ4v) is 8.14. The molecule has 10 nitrogen and oxygen atoms in total. The number of carbonyl (C=O) groups is 2. The zero-order valence-corrected chi connectivity index (χ0v) is 30.5. The molecule has 0 spiro atoms. The normalized spacial score (nSPS) is 21.8. The van der Waals surface area contributed by atoms with Gasteiger partial charge in [-0.15, -0.1) is 0 Å². The second-order valence-corrected chi connectivity index (χ2v) is 14.9. The summed E-state index contributed by atoms with van der Waals surface area (Å²) in [6.07, 6.45) is 5.35. The van der Waals surface area contributed by atoms with E-state index in [1.165, 1.54) is 12.1 Å². The Morgan fingerprint density at radius 3 is 2.07 bits per heavy atom. The van der Waals surface area contributed by atoms with Crippen LogP contribution in [-0.2, 0) is 20.4 Å². The molecule has 2 fully saturated rings. The van der Waals surface area contributed by atoms with Gasteiger partial charge in [0.15, 0.2) is 0 Å². The van der Waals surface area contributed by atoms with Gasteiger partial charge in [0, 0.05) is 63.7 Å². The third-order valence-electron chi connectivity index (χ3n) is 11.5. The molecule has 6 aromatic rings. The number of carbonyl (C=O) groups excluding carboxylic acids is 2. The topological polar surface area (TPSA) is 150 Å². The van der Waals surface area contributed by atoms with Gasteiger partial charge in [-0.25, -0.2) is 13.8 Å². The van der Waals surface area contributed by atoms with Crippen molar-refractivity contribution in [3.8, 4) is 22.5 Å². The largest absolute Gasteiger partial charge is 0.355 e. The summed E-state index contributed by atoms with van der Waals surface area (Å²) in [5, 5.41) is 6.42. The predicted octanol–water partition coefficient (Wildman–Crippen LogP) is 6.44. The molecule has 278 valence electrons. The molecule has 3 atom stereocenters. The molecular weight excluding hydrogens is 703 g/mol. The fraction of sp³-hybridized carbons (Fsp3) is 0.256. The maximum Gasteiger partial charge on any atom is 0.252 e. The van der Waals surface area contributed by atoms with Crippen LogP contribution in [0.25, 0.3) is 49.9 Å². The highest BCUT2D eigenvalue weighted by Gasteiger charge is 2.46. The molecule has 0 bridgehead atoms. The summed E-state index contributed by atoms with van der Waals surface area (Å²) >= 11 is 0. The first-order chi connectivity index (χ1) is 26.4. The lowest BCUT2D eigenvalue weighted by Gasteiger charge is -2.39. The number of nitrogens with zero attached hydrogens (tertiary/aromatic N) is 2. The number of halogens is 2. The van der Waals surface area contributed by atoms with Crippen molar-refractivity contribution in [1.29, 1.82) is 0 Å². The van der Waals surface area contributed by atoms with E-state index < -0.39 is 39.5 Å². The van der Waals surface area contributed by atoms with Gasteiger partial charge in [0.25, 0.3) is 11.1 Å². The summed E-state index contributed by atoms with van der Waals surface area (Å²) in [6, 6.07) is 19.3. The number of fused-ring (bicyclic) bond motifs is 2. The predicted molar refractivity (Wildman–Crippen MR) is 207 cm³/mol. The molecule has 2 amide bonds. The summed E-state index contributed by atoms with van der Waals surface area (Å²) in [5.74, 6) is -1.88. The van der Waals surface area contributed by atoms with Crippen LogP contribution in [0, 0.1) is 17.6 Å². The number of hydrogen-bond acceptors (Lipinski definition) is 6. The number of amides is 2. The molecule has 4 aromatic heterocycles. The molecule has 12 heteroatoms. The zero-order valence-electron chi connectivity index (χ0n) is 30.5. The average molecular weight is 741 g/mol. The number of aromatic amines is 2. The maximum absolute atomic E-state index is 15.5. The summed E-state index contributed by atoms with van der Waals surface area (Å²) in [7, 11) is 0. The van der Waals surface area contributed by atoms with Gasteiger partial charge in [0.1, 0.15) is 11.6 Å². The number of hydrogen-bond donors (Lipinski definition) is 4. The van der Waals surface area contributed by atoms with Gasteiger partial charge >= 0.3 is 0 Å². The number of nitrogens with one attached hydrogen (secondary N) is 4. The van der Waals surface area contributed by atoms with Crippen molar-refractivity contribution < 1.29 is 18.4 Å². The number of pyridine rings is 4. The van der Waals surface area contributed by atoms with E-state index in [1.54, 1.807) is 80.7 Å². The number of allylic oxidation sites excluding steroid dienone is 2. The highest BCUT2D eigenvalue weighted by Crippen LogP contribution is 2.39. The van der Waals surface area contributed by atoms with Crippen molar-refractivity contribution in [2.75, 3.05) is 13.1 Å². The van der Waals surface area contributed by atoms with Gasteiger partial charge in [-0.1, -0.05) is 18.2 Å². The van der Waals surface area contributed by atoms with Crippen LogP contribution < -0.4 is 21.8 Å². The molecule has 0 saturated carbocycles. The van der Waals surface area contributed by atoms with Gasteiger partial charge in [-0.05, 0) is 112 Å². The molecule has 1 unspecified atom stereocenters. The van der Waals surface area contributed by atoms with E-state index in [1.807, 2.05) is 13.0 Å². The van der Waals surface area contributed by atoms with Crippen molar-refractivity contribution in [3.63, 3.8) is 0 Å². The van der Waals surface area contributed by atoms with Crippen LogP contribution in [-0.4, -0.2) is 44.8 Å². The van der Waals surface area contributed by atoms with Crippen LogP contribution in [0.1, 0.15) is 56.9 Å². The molecule has 0 aliphatic carbocycles. The van der Waals surface area contributed by atoms with Crippen molar-refractivity contribution in [3.05, 3.63) is 134 Å².